The number of nitrogens with zero attached hydrogens (tertiary/aromatic N) is 2. The standard InChI is InChI=1S/C23H25N3O3/c1-28-20-9-5-6-10-21(20)29-15-22(27)26-13-18(23-19(14-26)24-16-25-23)12-11-17-7-3-2-4-8-17/h2-10,16,18H,11-15H2,1H3,(H,24,25). The van der Waals surface area contributed by atoms with Crippen LogP contribution in [-0.4, -0.2) is 41.0 Å². The van der Waals surface area contributed by atoms with Gasteiger partial charge in [-0.2, -0.15) is 0 Å². The highest BCUT2D eigenvalue weighted by atomic mass is 16.5. The zero-order valence-corrected chi connectivity index (χ0v) is 16.5. The first-order valence-electron chi connectivity index (χ1n) is 9.84. The maximum absolute atomic E-state index is 12.8. The highest BCUT2D eigenvalue weighted by molar-refractivity contribution is 5.78. The minimum atomic E-state index is -0.0409. The van der Waals surface area contributed by atoms with Gasteiger partial charge in [-0.15, -0.1) is 0 Å². The summed E-state index contributed by atoms with van der Waals surface area (Å²) in [5, 5.41) is 0. The number of carbonyl (C=O) groups excluding carboxylic acids is 1. The lowest BCUT2D eigenvalue weighted by Crippen LogP contribution is -2.41. The number of carbonyl (C=O) groups is 1. The number of H-pyrrole nitrogens is 1. The summed E-state index contributed by atoms with van der Waals surface area (Å²) in [6, 6.07) is 17.8. The van der Waals surface area contributed by atoms with Crippen LogP contribution in [0.25, 0.3) is 0 Å². The van der Waals surface area contributed by atoms with Gasteiger partial charge in [0.2, 0.25) is 0 Å². The van der Waals surface area contributed by atoms with E-state index in [1.165, 1.54) is 5.56 Å². The minimum Gasteiger partial charge on any atom is -0.493 e. The lowest BCUT2D eigenvalue weighted by molar-refractivity contribution is -0.134. The topological polar surface area (TPSA) is 67.5 Å². The Morgan fingerprint density at radius 3 is 2.69 bits per heavy atom. The summed E-state index contributed by atoms with van der Waals surface area (Å²) in [5.74, 6) is 1.36. The molecule has 0 spiro atoms. The first-order valence-corrected chi connectivity index (χ1v) is 9.84. The van der Waals surface area contributed by atoms with Crippen LogP contribution in [0.2, 0.25) is 0 Å². The average molecular weight is 391 g/mol. The summed E-state index contributed by atoms with van der Waals surface area (Å²) >= 11 is 0. The number of benzene rings is 2. The highest BCUT2D eigenvalue weighted by Crippen LogP contribution is 2.30. The van der Waals surface area contributed by atoms with E-state index in [0.29, 0.717) is 24.6 Å². The third kappa shape index (κ3) is 4.42. The van der Waals surface area contributed by atoms with Gasteiger partial charge in [-0.3, -0.25) is 4.79 Å². The fourth-order valence-corrected chi connectivity index (χ4v) is 3.79. The first-order chi connectivity index (χ1) is 14.2. The Kier molecular flexibility index (Phi) is 5.79. The third-order valence-electron chi connectivity index (χ3n) is 5.33. The zero-order chi connectivity index (χ0) is 20.1. The van der Waals surface area contributed by atoms with Crippen molar-refractivity contribution in [3.8, 4) is 11.5 Å². The van der Waals surface area contributed by atoms with Gasteiger partial charge in [0.1, 0.15) is 0 Å². The van der Waals surface area contributed by atoms with E-state index in [1.54, 1.807) is 19.5 Å². The van der Waals surface area contributed by atoms with Crippen LogP contribution in [0.3, 0.4) is 0 Å². The summed E-state index contributed by atoms with van der Waals surface area (Å²) < 4.78 is 11.0. The molecule has 1 N–H and O–H groups in total. The number of hydrogen-bond donors (Lipinski definition) is 1. The van der Waals surface area contributed by atoms with Crippen molar-refractivity contribution >= 4 is 5.91 Å². The molecule has 0 aliphatic carbocycles. The number of ether oxygens (including phenoxy) is 2. The van der Waals surface area contributed by atoms with Crippen LogP contribution in [0.15, 0.2) is 60.9 Å². The van der Waals surface area contributed by atoms with Gasteiger partial charge in [-0.25, -0.2) is 4.98 Å². The molecule has 1 amide bonds. The Balaban J connectivity index is 1.41. The Labute approximate surface area is 170 Å². The van der Waals surface area contributed by atoms with Crippen molar-refractivity contribution < 1.29 is 14.3 Å². The lowest BCUT2D eigenvalue weighted by Gasteiger charge is -2.32. The maximum atomic E-state index is 12.8. The molecule has 1 aliphatic heterocycles. The Morgan fingerprint density at radius 1 is 1.14 bits per heavy atom. The molecule has 6 nitrogen and oxygen atoms in total. The monoisotopic (exact) mass is 391 g/mol. The van der Waals surface area contributed by atoms with E-state index in [2.05, 4.69) is 34.2 Å². The first kappa shape index (κ1) is 19.1. The van der Waals surface area contributed by atoms with E-state index in [4.69, 9.17) is 9.47 Å². The van der Waals surface area contributed by atoms with E-state index in [0.717, 1.165) is 24.2 Å². The van der Waals surface area contributed by atoms with Crippen molar-refractivity contribution in [2.75, 3.05) is 20.3 Å². The normalized spacial score (nSPS) is 15.6. The molecule has 0 saturated carbocycles. The molecule has 0 radical (unpaired) electrons. The quantitative estimate of drug-likeness (QED) is 0.669. The molecule has 150 valence electrons. The SMILES string of the molecule is COc1ccccc1OCC(=O)N1Cc2[nH]cnc2C(CCc2ccccc2)C1. The smallest absolute Gasteiger partial charge is 0.260 e. The van der Waals surface area contributed by atoms with Crippen LogP contribution in [0.5, 0.6) is 11.5 Å². The molecule has 29 heavy (non-hydrogen) atoms. The molecule has 1 aromatic heterocycles. The Morgan fingerprint density at radius 2 is 1.90 bits per heavy atom. The number of fused-ring (bicyclic) bond motifs is 1. The number of amides is 1. The maximum Gasteiger partial charge on any atom is 0.260 e. The van der Waals surface area contributed by atoms with Gasteiger partial charge in [-0.1, -0.05) is 42.5 Å². The average Bonchev–Trinajstić information content (AvgIpc) is 3.25. The summed E-state index contributed by atoms with van der Waals surface area (Å²) in [5.41, 5.74) is 3.39. The van der Waals surface area contributed by atoms with Crippen molar-refractivity contribution in [2.45, 2.75) is 25.3 Å². The van der Waals surface area contributed by atoms with Gasteiger partial charge in [0.05, 0.1) is 31.4 Å². The van der Waals surface area contributed by atoms with Crippen LogP contribution in [-0.2, 0) is 17.8 Å². The fraction of sp³-hybridized carbons (Fsp3) is 0.304. The second-order valence-electron chi connectivity index (χ2n) is 7.20. The van der Waals surface area contributed by atoms with E-state index in [9.17, 15) is 4.79 Å². The molecular formula is C23H25N3O3. The number of methoxy groups -OCH3 is 1. The van der Waals surface area contributed by atoms with Gasteiger partial charge >= 0.3 is 0 Å². The number of imidazole rings is 1. The van der Waals surface area contributed by atoms with Gasteiger partial charge in [0.15, 0.2) is 18.1 Å². The van der Waals surface area contributed by atoms with Crippen molar-refractivity contribution in [1.82, 2.24) is 14.9 Å². The molecule has 2 heterocycles. The van der Waals surface area contributed by atoms with E-state index in [1.807, 2.05) is 29.2 Å². The second kappa shape index (κ2) is 8.82. The highest BCUT2D eigenvalue weighted by Gasteiger charge is 2.30. The van der Waals surface area contributed by atoms with Crippen molar-refractivity contribution in [3.63, 3.8) is 0 Å². The predicted octanol–water partition coefficient (Wildman–Crippen LogP) is 3.56. The number of rotatable bonds is 7. The molecule has 1 aliphatic rings. The van der Waals surface area contributed by atoms with Crippen molar-refractivity contribution in [2.24, 2.45) is 0 Å². The van der Waals surface area contributed by atoms with Gasteiger partial charge in [-0.05, 0) is 30.5 Å². The van der Waals surface area contributed by atoms with E-state index in [-0.39, 0.29) is 18.4 Å². The predicted molar refractivity (Wildman–Crippen MR) is 110 cm³/mol. The number of para-hydroxylation sites is 2. The van der Waals surface area contributed by atoms with Crippen molar-refractivity contribution in [3.05, 3.63) is 77.9 Å². The molecule has 2 aromatic carbocycles. The molecular weight excluding hydrogens is 366 g/mol. The van der Waals surface area contributed by atoms with E-state index >= 15 is 0 Å². The summed E-state index contributed by atoms with van der Waals surface area (Å²) in [6.45, 7) is 1.17. The number of aromatic nitrogens is 2. The van der Waals surface area contributed by atoms with Gasteiger partial charge < -0.3 is 19.4 Å². The molecule has 0 bridgehead atoms. The summed E-state index contributed by atoms with van der Waals surface area (Å²) in [7, 11) is 1.59. The largest absolute Gasteiger partial charge is 0.493 e. The van der Waals surface area contributed by atoms with E-state index < -0.39 is 0 Å². The minimum absolute atomic E-state index is 0.0186. The second-order valence-corrected chi connectivity index (χ2v) is 7.20. The Bertz CT molecular complexity index is 955. The summed E-state index contributed by atoms with van der Waals surface area (Å²) in [6.07, 6.45) is 3.62. The molecule has 6 heteroatoms. The van der Waals surface area contributed by atoms with Gasteiger partial charge in [0, 0.05) is 12.5 Å². The molecule has 1 atom stereocenters. The van der Waals surface area contributed by atoms with Crippen LogP contribution >= 0.6 is 0 Å². The number of nitrogens with one attached hydrogen (secondary N) is 1. The molecule has 0 saturated heterocycles. The number of hydrogen-bond acceptors (Lipinski definition) is 4. The summed E-state index contributed by atoms with van der Waals surface area (Å²) in [4.78, 5) is 22.4. The zero-order valence-electron chi connectivity index (χ0n) is 16.5. The van der Waals surface area contributed by atoms with Crippen LogP contribution in [0, 0.1) is 0 Å². The van der Waals surface area contributed by atoms with Crippen LogP contribution < -0.4 is 9.47 Å². The molecule has 1 unspecified atom stereocenters. The van der Waals surface area contributed by atoms with Crippen LogP contribution in [0.4, 0.5) is 0 Å². The molecule has 4 rings (SSSR count). The number of aromatic amines is 1. The molecule has 0 fully saturated rings. The third-order valence-corrected chi connectivity index (χ3v) is 5.33. The fourth-order valence-electron chi connectivity index (χ4n) is 3.79. The number of aryl methyl sites for hydroxylation is 1. The van der Waals surface area contributed by atoms with Crippen molar-refractivity contribution in [1.29, 1.82) is 0 Å². The van der Waals surface area contributed by atoms with Crippen LogP contribution in [0.1, 0.15) is 29.3 Å². The lowest BCUT2D eigenvalue weighted by atomic mass is 9.92. The van der Waals surface area contributed by atoms with Gasteiger partial charge in [0.25, 0.3) is 5.91 Å². The Hall–Kier alpha value is -3.28. The molecule has 3 aromatic rings.